The zero-order valence-electron chi connectivity index (χ0n) is 11.0. The van der Waals surface area contributed by atoms with Crippen LogP contribution in [0, 0.1) is 5.92 Å². The second kappa shape index (κ2) is 6.02. The van der Waals surface area contributed by atoms with Gasteiger partial charge >= 0.3 is 0 Å². The molecule has 2 aliphatic rings. The van der Waals surface area contributed by atoms with Gasteiger partial charge in [0.25, 0.3) is 0 Å². The van der Waals surface area contributed by atoms with Crippen molar-refractivity contribution in [1.29, 1.82) is 0 Å². The highest BCUT2D eigenvalue weighted by atomic mass is 15.2. The van der Waals surface area contributed by atoms with Crippen molar-refractivity contribution in [3.63, 3.8) is 0 Å². The number of piperidine rings is 1. The maximum atomic E-state index is 3.78. The molecule has 1 aliphatic carbocycles. The first-order chi connectivity index (χ1) is 7.75. The smallest absolute Gasteiger partial charge is 0.00671 e. The zero-order valence-corrected chi connectivity index (χ0v) is 11.0. The van der Waals surface area contributed by atoms with Crippen molar-refractivity contribution in [1.82, 2.24) is 10.2 Å². The SMILES string of the molecule is CC(C)N1CCCC(CNC2CCCC2)C1. The van der Waals surface area contributed by atoms with Crippen LogP contribution >= 0.6 is 0 Å². The average molecular weight is 224 g/mol. The summed E-state index contributed by atoms with van der Waals surface area (Å²) in [6.07, 6.45) is 8.56. The maximum Gasteiger partial charge on any atom is 0.00671 e. The zero-order chi connectivity index (χ0) is 11.4. The third-order valence-electron chi connectivity index (χ3n) is 4.33. The van der Waals surface area contributed by atoms with Gasteiger partial charge in [0, 0.05) is 18.6 Å². The van der Waals surface area contributed by atoms with Crippen LogP contribution in [0.25, 0.3) is 0 Å². The fourth-order valence-electron chi connectivity index (χ4n) is 3.20. The fourth-order valence-corrected chi connectivity index (χ4v) is 3.20. The Morgan fingerprint density at radius 3 is 2.56 bits per heavy atom. The third-order valence-corrected chi connectivity index (χ3v) is 4.33. The second-order valence-corrected chi connectivity index (χ2v) is 5.99. The minimum Gasteiger partial charge on any atom is -0.314 e. The van der Waals surface area contributed by atoms with Crippen molar-refractivity contribution >= 4 is 0 Å². The van der Waals surface area contributed by atoms with E-state index in [1.54, 1.807) is 0 Å². The Kier molecular flexibility index (Phi) is 4.66. The highest BCUT2D eigenvalue weighted by Crippen LogP contribution is 2.20. The van der Waals surface area contributed by atoms with Crippen molar-refractivity contribution in [3.05, 3.63) is 0 Å². The van der Waals surface area contributed by atoms with E-state index in [9.17, 15) is 0 Å². The van der Waals surface area contributed by atoms with Crippen LogP contribution < -0.4 is 5.32 Å². The lowest BCUT2D eigenvalue weighted by Gasteiger charge is -2.36. The number of likely N-dealkylation sites (tertiary alicyclic amines) is 1. The van der Waals surface area contributed by atoms with Gasteiger partial charge in [-0.1, -0.05) is 12.8 Å². The molecule has 0 aromatic rings. The van der Waals surface area contributed by atoms with Gasteiger partial charge in [-0.25, -0.2) is 0 Å². The lowest BCUT2D eigenvalue weighted by molar-refractivity contribution is 0.137. The summed E-state index contributed by atoms with van der Waals surface area (Å²) in [6.45, 7) is 8.54. The minimum atomic E-state index is 0.731. The van der Waals surface area contributed by atoms with E-state index in [-0.39, 0.29) is 0 Å². The molecule has 1 saturated carbocycles. The molecule has 0 spiro atoms. The number of hydrogen-bond donors (Lipinski definition) is 1. The molecule has 0 bridgehead atoms. The topological polar surface area (TPSA) is 15.3 Å². The van der Waals surface area contributed by atoms with Crippen molar-refractivity contribution in [2.45, 2.75) is 64.5 Å². The molecule has 0 amide bonds. The van der Waals surface area contributed by atoms with Gasteiger partial charge in [0.1, 0.15) is 0 Å². The normalized spacial score (nSPS) is 29.1. The van der Waals surface area contributed by atoms with E-state index in [2.05, 4.69) is 24.1 Å². The predicted octanol–water partition coefficient (Wildman–Crippen LogP) is 2.64. The lowest BCUT2D eigenvalue weighted by Crippen LogP contribution is -2.44. The second-order valence-electron chi connectivity index (χ2n) is 5.99. The standard InChI is InChI=1S/C14H28N2/c1-12(2)16-9-5-6-13(11-16)10-15-14-7-3-4-8-14/h12-15H,3-11H2,1-2H3. The summed E-state index contributed by atoms with van der Waals surface area (Å²) >= 11 is 0. The molecule has 1 atom stereocenters. The molecular formula is C14H28N2. The van der Waals surface area contributed by atoms with Crippen LogP contribution in [0.2, 0.25) is 0 Å². The van der Waals surface area contributed by atoms with E-state index in [4.69, 9.17) is 0 Å². The summed E-state index contributed by atoms with van der Waals surface area (Å²) in [5.41, 5.74) is 0. The van der Waals surface area contributed by atoms with E-state index < -0.39 is 0 Å². The Balaban J connectivity index is 1.68. The number of hydrogen-bond acceptors (Lipinski definition) is 2. The Bertz CT molecular complexity index is 197. The molecule has 16 heavy (non-hydrogen) atoms. The van der Waals surface area contributed by atoms with Crippen LogP contribution in [0.4, 0.5) is 0 Å². The summed E-state index contributed by atoms with van der Waals surface area (Å²) in [7, 11) is 0. The molecule has 1 unspecified atom stereocenters. The summed E-state index contributed by atoms with van der Waals surface area (Å²) in [6, 6.07) is 1.57. The van der Waals surface area contributed by atoms with E-state index in [1.807, 2.05) is 0 Å². The summed E-state index contributed by atoms with van der Waals surface area (Å²) < 4.78 is 0. The largest absolute Gasteiger partial charge is 0.314 e. The first-order valence-corrected chi connectivity index (χ1v) is 7.23. The molecule has 94 valence electrons. The van der Waals surface area contributed by atoms with Gasteiger partial charge in [-0.3, -0.25) is 0 Å². The Hall–Kier alpha value is -0.0800. The summed E-state index contributed by atoms with van der Waals surface area (Å²) in [4.78, 5) is 2.64. The molecule has 2 fully saturated rings. The molecule has 2 rings (SSSR count). The van der Waals surface area contributed by atoms with Crippen LogP contribution in [0.15, 0.2) is 0 Å². The fraction of sp³-hybridized carbons (Fsp3) is 1.00. The van der Waals surface area contributed by atoms with Crippen LogP contribution in [0.1, 0.15) is 52.4 Å². The van der Waals surface area contributed by atoms with Crippen LogP contribution in [-0.2, 0) is 0 Å². The van der Waals surface area contributed by atoms with Gasteiger partial charge in [-0.05, 0) is 58.5 Å². The van der Waals surface area contributed by atoms with Gasteiger partial charge in [-0.2, -0.15) is 0 Å². The van der Waals surface area contributed by atoms with Gasteiger partial charge in [0.2, 0.25) is 0 Å². The van der Waals surface area contributed by atoms with Gasteiger partial charge in [0.15, 0.2) is 0 Å². The van der Waals surface area contributed by atoms with Gasteiger partial charge < -0.3 is 10.2 Å². The predicted molar refractivity (Wildman–Crippen MR) is 69.7 cm³/mol. The molecular weight excluding hydrogens is 196 g/mol. The molecule has 0 aromatic carbocycles. The monoisotopic (exact) mass is 224 g/mol. The van der Waals surface area contributed by atoms with E-state index in [0.29, 0.717) is 0 Å². The maximum absolute atomic E-state index is 3.78. The quantitative estimate of drug-likeness (QED) is 0.790. The summed E-state index contributed by atoms with van der Waals surface area (Å²) in [5.74, 6) is 0.900. The molecule has 1 heterocycles. The molecule has 1 N–H and O–H groups in total. The Morgan fingerprint density at radius 1 is 1.12 bits per heavy atom. The highest BCUT2D eigenvalue weighted by molar-refractivity contribution is 4.80. The van der Waals surface area contributed by atoms with Gasteiger partial charge in [-0.15, -0.1) is 0 Å². The van der Waals surface area contributed by atoms with Crippen molar-refractivity contribution < 1.29 is 0 Å². The first kappa shape index (κ1) is 12.4. The Morgan fingerprint density at radius 2 is 1.88 bits per heavy atom. The third kappa shape index (κ3) is 3.46. The lowest BCUT2D eigenvalue weighted by atomic mass is 9.96. The number of nitrogens with zero attached hydrogens (tertiary/aromatic N) is 1. The molecule has 2 nitrogen and oxygen atoms in total. The van der Waals surface area contributed by atoms with Crippen molar-refractivity contribution in [2.24, 2.45) is 5.92 Å². The van der Waals surface area contributed by atoms with Crippen LogP contribution in [0.5, 0.6) is 0 Å². The minimum absolute atomic E-state index is 0.731. The first-order valence-electron chi connectivity index (χ1n) is 7.23. The van der Waals surface area contributed by atoms with E-state index >= 15 is 0 Å². The molecule has 0 radical (unpaired) electrons. The molecule has 0 aromatic heterocycles. The molecule has 1 aliphatic heterocycles. The number of rotatable bonds is 4. The Labute approximate surface area is 101 Å². The average Bonchev–Trinajstić information content (AvgIpc) is 2.79. The van der Waals surface area contributed by atoms with E-state index in [1.165, 1.54) is 58.2 Å². The van der Waals surface area contributed by atoms with Crippen molar-refractivity contribution in [2.75, 3.05) is 19.6 Å². The summed E-state index contributed by atoms with van der Waals surface area (Å²) in [5, 5.41) is 3.78. The van der Waals surface area contributed by atoms with Crippen molar-refractivity contribution in [3.8, 4) is 0 Å². The number of nitrogens with one attached hydrogen (secondary N) is 1. The molecule has 1 saturated heterocycles. The van der Waals surface area contributed by atoms with Crippen LogP contribution in [0.3, 0.4) is 0 Å². The highest BCUT2D eigenvalue weighted by Gasteiger charge is 2.22. The van der Waals surface area contributed by atoms with Gasteiger partial charge in [0.05, 0.1) is 0 Å². The van der Waals surface area contributed by atoms with Crippen LogP contribution in [-0.4, -0.2) is 36.6 Å². The molecule has 2 heteroatoms. The van der Waals surface area contributed by atoms with E-state index in [0.717, 1.165) is 18.0 Å².